The third-order valence-corrected chi connectivity index (χ3v) is 4.29. The normalized spacial score (nSPS) is 15.2. The fourth-order valence-corrected chi connectivity index (χ4v) is 3.08. The maximum absolute atomic E-state index is 12.8. The Balaban J connectivity index is 1.88. The first kappa shape index (κ1) is 14.6. The number of hydrogen-bond donors (Lipinski definition) is 1. The zero-order valence-electron chi connectivity index (χ0n) is 13.3. The third-order valence-electron chi connectivity index (χ3n) is 4.29. The summed E-state index contributed by atoms with van der Waals surface area (Å²) in [6.45, 7) is 4.07. The average Bonchev–Trinajstić information content (AvgIpc) is 3.27. The van der Waals surface area contributed by atoms with Crippen molar-refractivity contribution in [1.29, 1.82) is 0 Å². The lowest BCUT2D eigenvalue weighted by molar-refractivity contribution is -0.118. The molecule has 1 fully saturated rings. The number of amides is 1. The van der Waals surface area contributed by atoms with E-state index in [1.807, 2.05) is 50.2 Å². The van der Waals surface area contributed by atoms with Crippen molar-refractivity contribution in [2.45, 2.75) is 32.1 Å². The van der Waals surface area contributed by atoms with Gasteiger partial charge in [-0.2, -0.15) is 0 Å². The SMILES string of the molecule is COc1ccccc1C1(C(=O)Nc2cc(C)cc(C)c2)CC1. The Hall–Kier alpha value is -2.29. The van der Waals surface area contributed by atoms with Gasteiger partial charge in [-0.25, -0.2) is 0 Å². The highest BCUT2D eigenvalue weighted by Crippen LogP contribution is 2.51. The quantitative estimate of drug-likeness (QED) is 0.926. The molecule has 3 heteroatoms. The smallest absolute Gasteiger partial charge is 0.235 e. The Morgan fingerprint density at radius 2 is 1.73 bits per heavy atom. The van der Waals surface area contributed by atoms with E-state index < -0.39 is 5.41 Å². The highest BCUT2D eigenvalue weighted by molar-refractivity contribution is 6.02. The van der Waals surface area contributed by atoms with E-state index in [4.69, 9.17) is 4.74 Å². The first-order chi connectivity index (χ1) is 10.5. The van der Waals surface area contributed by atoms with Gasteiger partial charge in [0.2, 0.25) is 5.91 Å². The van der Waals surface area contributed by atoms with Crippen molar-refractivity contribution >= 4 is 11.6 Å². The minimum Gasteiger partial charge on any atom is -0.496 e. The standard InChI is InChI=1S/C19H21NO2/c1-13-10-14(2)12-15(11-13)20-18(21)19(8-9-19)16-6-4-5-7-17(16)22-3/h4-7,10-12H,8-9H2,1-3H3,(H,20,21). The molecular formula is C19H21NO2. The molecule has 3 rings (SSSR count). The van der Waals surface area contributed by atoms with Crippen molar-refractivity contribution in [3.63, 3.8) is 0 Å². The predicted octanol–water partition coefficient (Wildman–Crippen LogP) is 3.98. The molecule has 1 N–H and O–H groups in total. The van der Waals surface area contributed by atoms with E-state index in [9.17, 15) is 4.79 Å². The van der Waals surface area contributed by atoms with Gasteiger partial charge in [0.1, 0.15) is 5.75 Å². The molecule has 1 saturated carbocycles. The summed E-state index contributed by atoms with van der Waals surface area (Å²) in [5.74, 6) is 0.845. The Bertz CT molecular complexity index is 697. The van der Waals surface area contributed by atoms with Gasteiger partial charge in [-0.15, -0.1) is 0 Å². The average molecular weight is 295 g/mol. The first-order valence-corrected chi connectivity index (χ1v) is 7.58. The van der Waals surface area contributed by atoms with Crippen LogP contribution in [0, 0.1) is 13.8 Å². The Kier molecular flexibility index (Phi) is 3.65. The molecule has 2 aromatic carbocycles. The fraction of sp³-hybridized carbons (Fsp3) is 0.316. The summed E-state index contributed by atoms with van der Waals surface area (Å²) in [5.41, 5.74) is 3.71. The Labute approximate surface area is 131 Å². The summed E-state index contributed by atoms with van der Waals surface area (Å²) in [6, 6.07) is 13.9. The van der Waals surface area contributed by atoms with Crippen molar-refractivity contribution in [1.82, 2.24) is 0 Å². The number of hydrogen-bond acceptors (Lipinski definition) is 2. The lowest BCUT2D eigenvalue weighted by atomic mass is 9.93. The number of carbonyl (C=O) groups excluding carboxylic acids is 1. The third kappa shape index (κ3) is 2.59. The van der Waals surface area contributed by atoms with Gasteiger partial charge >= 0.3 is 0 Å². The lowest BCUT2D eigenvalue weighted by Crippen LogP contribution is -2.28. The van der Waals surface area contributed by atoms with Crippen LogP contribution in [0.25, 0.3) is 0 Å². The van der Waals surface area contributed by atoms with Crippen LogP contribution in [0.15, 0.2) is 42.5 Å². The molecule has 3 nitrogen and oxygen atoms in total. The molecule has 1 aliphatic rings. The van der Waals surface area contributed by atoms with Crippen LogP contribution in [0.5, 0.6) is 5.75 Å². The molecule has 0 atom stereocenters. The maximum atomic E-state index is 12.8. The first-order valence-electron chi connectivity index (χ1n) is 7.58. The second-order valence-corrected chi connectivity index (χ2v) is 6.11. The second-order valence-electron chi connectivity index (χ2n) is 6.11. The van der Waals surface area contributed by atoms with Crippen LogP contribution in [-0.4, -0.2) is 13.0 Å². The summed E-state index contributed by atoms with van der Waals surface area (Å²) in [5, 5.41) is 3.08. The molecular weight excluding hydrogens is 274 g/mol. The van der Waals surface area contributed by atoms with Crippen LogP contribution in [-0.2, 0) is 10.2 Å². The minimum absolute atomic E-state index is 0.0574. The topological polar surface area (TPSA) is 38.3 Å². The zero-order valence-corrected chi connectivity index (χ0v) is 13.3. The van der Waals surface area contributed by atoms with E-state index in [1.165, 1.54) is 0 Å². The minimum atomic E-state index is -0.440. The summed E-state index contributed by atoms with van der Waals surface area (Å²) in [6.07, 6.45) is 1.73. The van der Waals surface area contributed by atoms with E-state index in [0.717, 1.165) is 41.0 Å². The molecule has 0 bridgehead atoms. The second kappa shape index (κ2) is 5.48. The fourth-order valence-electron chi connectivity index (χ4n) is 3.08. The van der Waals surface area contributed by atoms with Gasteiger partial charge in [-0.1, -0.05) is 24.3 Å². The van der Waals surface area contributed by atoms with Crippen molar-refractivity contribution < 1.29 is 9.53 Å². The van der Waals surface area contributed by atoms with Crippen LogP contribution in [0.2, 0.25) is 0 Å². The van der Waals surface area contributed by atoms with E-state index in [2.05, 4.69) is 11.4 Å². The summed E-state index contributed by atoms with van der Waals surface area (Å²) in [4.78, 5) is 12.8. The number of methoxy groups -OCH3 is 1. The monoisotopic (exact) mass is 295 g/mol. The molecule has 0 aromatic heterocycles. The zero-order chi connectivity index (χ0) is 15.7. The van der Waals surface area contributed by atoms with E-state index in [-0.39, 0.29) is 5.91 Å². The van der Waals surface area contributed by atoms with Gasteiger partial charge in [0.25, 0.3) is 0 Å². The Morgan fingerprint density at radius 3 is 2.32 bits per heavy atom. The van der Waals surface area contributed by atoms with Gasteiger partial charge in [0.15, 0.2) is 0 Å². The molecule has 0 unspecified atom stereocenters. The molecule has 0 saturated heterocycles. The summed E-state index contributed by atoms with van der Waals surface area (Å²) >= 11 is 0. The molecule has 1 aliphatic carbocycles. The van der Waals surface area contributed by atoms with E-state index >= 15 is 0 Å². The lowest BCUT2D eigenvalue weighted by Gasteiger charge is -2.19. The maximum Gasteiger partial charge on any atom is 0.235 e. The molecule has 2 aromatic rings. The highest BCUT2D eigenvalue weighted by Gasteiger charge is 2.52. The van der Waals surface area contributed by atoms with E-state index in [1.54, 1.807) is 7.11 Å². The number of carbonyl (C=O) groups is 1. The summed E-state index contributed by atoms with van der Waals surface area (Å²) in [7, 11) is 1.65. The largest absolute Gasteiger partial charge is 0.496 e. The van der Waals surface area contributed by atoms with Crippen LogP contribution >= 0.6 is 0 Å². The van der Waals surface area contributed by atoms with Crippen LogP contribution in [0.1, 0.15) is 29.5 Å². The molecule has 1 amide bonds. The van der Waals surface area contributed by atoms with Crippen molar-refractivity contribution in [2.75, 3.05) is 12.4 Å². The number of para-hydroxylation sites is 1. The van der Waals surface area contributed by atoms with Crippen molar-refractivity contribution in [3.8, 4) is 5.75 Å². The summed E-state index contributed by atoms with van der Waals surface area (Å²) < 4.78 is 5.43. The molecule has 22 heavy (non-hydrogen) atoms. The predicted molar refractivity (Wildman–Crippen MR) is 88.5 cm³/mol. The molecule has 114 valence electrons. The van der Waals surface area contributed by atoms with Crippen LogP contribution < -0.4 is 10.1 Å². The molecule has 0 aliphatic heterocycles. The molecule has 0 radical (unpaired) electrons. The Morgan fingerprint density at radius 1 is 1.09 bits per heavy atom. The van der Waals surface area contributed by atoms with Gasteiger partial charge in [0, 0.05) is 11.3 Å². The van der Waals surface area contributed by atoms with Crippen LogP contribution in [0.3, 0.4) is 0 Å². The van der Waals surface area contributed by atoms with Crippen LogP contribution in [0.4, 0.5) is 5.69 Å². The van der Waals surface area contributed by atoms with Crippen molar-refractivity contribution in [2.24, 2.45) is 0 Å². The van der Waals surface area contributed by atoms with Gasteiger partial charge in [-0.3, -0.25) is 4.79 Å². The number of rotatable bonds is 4. The van der Waals surface area contributed by atoms with E-state index in [0.29, 0.717) is 0 Å². The number of benzene rings is 2. The highest BCUT2D eigenvalue weighted by atomic mass is 16.5. The number of aryl methyl sites for hydroxylation is 2. The molecule has 0 spiro atoms. The molecule has 0 heterocycles. The van der Waals surface area contributed by atoms with Gasteiger partial charge in [0.05, 0.1) is 12.5 Å². The van der Waals surface area contributed by atoms with Gasteiger partial charge in [-0.05, 0) is 56.0 Å². The van der Waals surface area contributed by atoms with Gasteiger partial charge < -0.3 is 10.1 Å². The van der Waals surface area contributed by atoms with Crippen molar-refractivity contribution in [3.05, 3.63) is 59.2 Å². The number of anilines is 1. The number of ether oxygens (including phenoxy) is 1. The number of nitrogens with one attached hydrogen (secondary N) is 1.